The van der Waals surface area contributed by atoms with Crippen molar-refractivity contribution in [1.29, 1.82) is 5.26 Å². The Morgan fingerprint density at radius 1 is 1.26 bits per heavy atom. The van der Waals surface area contributed by atoms with Gasteiger partial charge in [-0.3, -0.25) is 4.90 Å². The highest BCUT2D eigenvalue weighted by molar-refractivity contribution is 5.53. The molecule has 104 valence electrons. The summed E-state index contributed by atoms with van der Waals surface area (Å²) in [6.07, 6.45) is 0. The summed E-state index contributed by atoms with van der Waals surface area (Å²) in [7, 11) is 0. The van der Waals surface area contributed by atoms with Crippen LogP contribution in [0.2, 0.25) is 0 Å². The SMILES string of the molecule is CC(C)N(CCOc1ccc(N)cc1C#N)C(C)C. The molecule has 0 saturated heterocycles. The van der Waals surface area contributed by atoms with Crippen LogP contribution in [0.3, 0.4) is 0 Å². The lowest BCUT2D eigenvalue weighted by atomic mass is 10.2. The van der Waals surface area contributed by atoms with E-state index >= 15 is 0 Å². The van der Waals surface area contributed by atoms with Gasteiger partial charge in [0.25, 0.3) is 0 Å². The van der Waals surface area contributed by atoms with E-state index in [0.717, 1.165) is 6.54 Å². The summed E-state index contributed by atoms with van der Waals surface area (Å²) < 4.78 is 5.69. The molecular weight excluding hydrogens is 238 g/mol. The second-order valence-electron chi connectivity index (χ2n) is 5.14. The molecule has 0 aliphatic carbocycles. The molecule has 0 aromatic heterocycles. The Labute approximate surface area is 115 Å². The molecule has 0 aliphatic rings. The number of benzene rings is 1. The third kappa shape index (κ3) is 4.46. The molecule has 0 atom stereocenters. The van der Waals surface area contributed by atoms with E-state index in [9.17, 15) is 0 Å². The van der Waals surface area contributed by atoms with Crippen molar-refractivity contribution < 1.29 is 4.74 Å². The molecule has 0 spiro atoms. The van der Waals surface area contributed by atoms with Gasteiger partial charge in [-0.1, -0.05) is 0 Å². The van der Waals surface area contributed by atoms with Crippen LogP contribution >= 0.6 is 0 Å². The van der Waals surface area contributed by atoms with Crippen LogP contribution in [-0.4, -0.2) is 30.1 Å². The first kappa shape index (κ1) is 15.3. The number of nitriles is 1. The van der Waals surface area contributed by atoms with Crippen LogP contribution in [0.1, 0.15) is 33.3 Å². The molecule has 0 bridgehead atoms. The zero-order valence-corrected chi connectivity index (χ0v) is 12.2. The van der Waals surface area contributed by atoms with Crippen molar-refractivity contribution in [3.05, 3.63) is 23.8 Å². The number of hydrogen-bond acceptors (Lipinski definition) is 4. The average molecular weight is 261 g/mol. The molecule has 4 nitrogen and oxygen atoms in total. The fraction of sp³-hybridized carbons (Fsp3) is 0.533. The number of nitrogens with two attached hydrogens (primary N) is 1. The normalized spacial score (nSPS) is 11.1. The zero-order chi connectivity index (χ0) is 14.4. The first-order chi connectivity index (χ1) is 8.95. The maximum Gasteiger partial charge on any atom is 0.137 e. The number of rotatable bonds is 6. The number of anilines is 1. The summed E-state index contributed by atoms with van der Waals surface area (Å²) >= 11 is 0. The van der Waals surface area contributed by atoms with E-state index in [4.69, 9.17) is 15.7 Å². The number of ether oxygens (including phenoxy) is 1. The molecule has 0 unspecified atom stereocenters. The fourth-order valence-electron chi connectivity index (χ4n) is 2.13. The van der Waals surface area contributed by atoms with E-state index < -0.39 is 0 Å². The highest BCUT2D eigenvalue weighted by Gasteiger charge is 2.13. The Hall–Kier alpha value is -1.73. The van der Waals surface area contributed by atoms with Gasteiger partial charge in [0.05, 0.1) is 5.56 Å². The van der Waals surface area contributed by atoms with E-state index in [1.807, 2.05) is 0 Å². The quantitative estimate of drug-likeness (QED) is 0.800. The Bertz CT molecular complexity index is 441. The minimum atomic E-state index is 0.477. The molecule has 1 aromatic carbocycles. The van der Waals surface area contributed by atoms with Gasteiger partial charge in [0, 0.05) is 24.3 Å². The number of hydrogen-bond donors (Lipinski definition) is 1. The van der Waals surface area contributed by atoms with Crippen molar-refractivity contribution in [3.8, 4) is 11.8 Å². The van der Waals surface area contributed by atoms with Crippen LogP contribution in [-0.2, 0) is 0 Å². The van der Waals surface area contributed by atoms with Gasteiger partial charge >= 0.3 is 0 Å². The lowest BCUT2D eigenvalue weighted by Gasteiger charge is -2.30. The minimum Gasteiger partial charge on any atom is -0.491 e. The molecule has 1 aromatic rings. The first-order valence-electron chi connectivity index (χ1n) is 6.64. The molecule has 2 N–H and O–H groups in total. The Kier molecular flexibility index (Phi) is 5.65. The summed E-state index contributed by atoms with van der Waals surface area (Å²) in [6.45, 7) is 10.1. The molecule has 0 amide bonds. The van der Waals surface area contributed by atoms with Gasteiger partial charge in [-0.05, 0) is 45.9 Å². The van der Waals surface area contributed by atoms with E-state index in [0.29, 0.717) is 35.7 Å². The van der Waals surface area contributed by atoms with Gasteiger partial charge in [-0.2, -0.15) is 5.26 Å². The summed E-state index contributed by atoms with van der Waals surface area (Å²) in [5.41, 5.74) is 6.71. The molecule has 0 saturated carbocycles. The smallest absolute Gasteiger partial charge is 0.137 e. The van der Waals surface area contributed by atoms with Crippen LogP contribution in [0.25, 0.3) is 0 Å². The second kappa shape index (κ2) is 7.01. The van der Waals surface area contributed by atoms with Gasteiger partial charge in [0.2, 0.25) is 0 Å². The van der Waals surface area contributed by atoms with E-state index in [2.05, 4.69) is 38.7 Å². The molecule has 19 heavy (non-hydrogen) atoms. The average Bonchev–Trinajstić information content (AvgIpc) is 2.34. The molecule has 0 radical (unpaired) electrons. The summed E-state index contributed by atoms with van der Waals surface area (Å²) in [6, 6.07) is 8.19. The fourth-order valence-corrected chi connectivity index (χ4v) is 2.13. The van der Waals surface area contributed by atoms with Crippen molar-refractivity contribution in [2.45, 2.75) is 39.8 Å². The first-order valence-corrected chi connectivity index (χ1v) is 6.64. The van der Waals surface area contributed by atoms with E-state index in [1.165, 1.54) is 0 Å². The lowest BCUT2D eigenvalue weighted by molar-refractivity contribution is 0.142. The van der Waals surface area contributed by atoms with Crippen LogP contribution in [0.4, 0.5) is 5.69 Å². The van der Waals surface area contributed by atoms with Crippen molar-refractivity contribution in [2.24, 2.45) is 0 Å². The van der Waals surface area contributed by atoms with Gasteiger partial charge in [0.1, 0.15) is 18.4 Å². The number of nitrogen functional groups attached to an aromatic ring is 1. The van der Waals surface area contributed by atoms with Crippen molar-refractivity contribution in [3.63, 3.8) is 0 Å². The van der Waals surface area contributed by atoms with Crippen LogP contribution in [0.5, 0.6) is 5.75 Å². The van der Waals surface area contributed by atoms with Crippen LogP contribution in [0.15, 0.2) is 18.2 Å². The maximum atomic E-state index is 9.03. The van der Waals surface area contributed by atoms with Crippen molar-refractivity contribution >= 4 is 5.69 Å². The van der Waals surface area contributed by atoms with Crippen molar-refractivity contribution in [1.82, 2.24) is 4.90 Å². The van der Waals surface area contributed by atoms with Gasteiger partial charge < -0.3 is 10.5 Å². The Balaban J connectivity index is 2.60. The van der Waals surface area contributed by atoms with E-state index in [-0.39, 0.29) is 0 Å². The van der Waals surface area contributed by atoms with Crippen molar-refractivity contribution in [2.75, 3.05) is 18.9 Å². The molecule has 0 aliphatic heterocycles. The highest BCUT2D eigenvalue weighted by atomic mass is 16.5. The standard InChI is InChI=1S/C15H23N3O/c1-11(2)18(12(3)4)7-8-19-15-6-5-14(17)9-13(15)10-16/h5-6,9,11-12H,7-8,17H2,1-4H3. The summed E-state index contributed by atoms with van der Waals surface area (Å²) in [5, 5.41) is 9.03. The molecular formula is C15H23N3O. The maximum absolute atomic E-state index is 9.03. The van der Waals surface area contributed by atoms with E-state index in [1.54, 1.807) is 18.2 Å². The lowest BCUT2D eigenvalue weighted by Crippen LogP contribution is -2.39. The predicted octanol–water partition coefficient (Wildman–Crippen LogP) is 2.64. The Morgan fingerprint density at radius 2 is 1.89 bits per heavy atom. The van der Waals surface area contributed by atoms with Gasteiger partial charge in [0.15, 0.2) is 0 Å². The zero-order valence-electron chi connectivity index (χ0n) is 12.2. The summed E-state index contributed by atoms with van der Waals surface area (Å²) in [5.74, 6) is 0.601. The molecule has 0 fully saturated rings. The minimum absolute atomic E-state index is 0.477. The third-order valence-electron chi connectivity index (χ3n) is 3.06. The monoisotopic (exact) mass is 261 g/mol. The number of nitrogens with zero attached hydrogens (tertiary/aromatic N) is 2. The van der Waals surface area contributed by atoms with Crippen LogP contribution in [0, 0.1) is 11.3 Å². The van der Waals surface area contributed by atoms with Gasteiger partial charge in [-0.15, -0.1) is 0 Å². The third-order valence-corrected chi connectivity index (χ3v) is 3.06. The highest BCUT2D eigenvalue weighted by Crippen LogP contribution is 2.20. The second-order valence-corrected chi connectivity index (χ2v) is 5.14. The van der Waals surface area contributed by atoms with Gasteiger partial charge in [-0.25, -0.2) is 0 Å². The summed E-state index contributed by atoms with van der Waals surface area (Å²) in [4.78, 5) is 2.35. The predicted molar refractivity (Wildman–Crippen MR) is 78.0 cm³/mol. The molecule has 0 heterocycles. The largest absolute Gasteiger partial charge is 0.491 e. The molecule has 4 heteroatoms. The molecule has 1 rings (SSSR count). The van der Waals surface area contributed by atoms with Crippen LogP contribution < -0.4 is 10.5 Å². The Morgan fingerprint density at radius 3 is 2.42 bits per heavy atom. The topological polar surface area (TPSA) is 62.3 Å².